The quantitative estimate of drug-likeness (QED) is 0.210. The molecule has 0 aromatic heterocycles. The average molecular weight is 600 g/mol. The lowest BCUT2D eigenvalue weighted by Gasteiger charge is -2.35. The van der Waals surface area contributed by atoms with Gasteiger partial charge < -0.3 is 28.7 Å². The fourth-order valence-corrected chi connectivity index (χ4v) is 5.24. The van der Waals surface area contributed by atoms with Crippen LogP contribution in [0.15, 0.2) is 0 Å². The number of amides is 2. The number of nitrogens with zero attached hydrogens (tertiary/aromatic N) is 4. The first-order valence-electron chi connectivity index (χ1n) is 12.5. The fourth-order valence-electron chi connectivity index (χ4n) is 4.73. The van der Waals surface area contributed by atoms with Crippen molar-refractivity contribution in [1.82, 2.24) is 18.1 Å². The van der Waals surface area contributed by atoms with Gasteiger partial charge >= 0.3 is 0 Å². The minimum atomic E-state index is -0.741. The molecule has 0 unspecified atom stereocenters. The Kier molecular flexibility index (Phi) is 11.0. The SMILES string of the molecule is CC1(C)C(=O)N(CCOCCOCCOCCOCCN2C(=O)C(C)(C)N(Br)C2(C)C)C(C)(C)N1Cl. The maximum atomic E-state index is 12.7. The van der Waals surface area contributed by atoms with E-state index in [1.807, 2.05) is 64.2 Å². The molecule has 0 N–H and O–H groups in total. The number of ether oxygens (including phenoxy) is 4. The maximum absolute atomic E-state index is 12.7. The summed E-state index contributed by atoms with van der Waals surface area (Å²) >= 11 is 9.91. The van der Waals surface area contributed by atoms with Crippen LogP contribution in [-0.4, -0.2) is 118 Å². The number of rotatable bonds is 15. The number of carbonyl (C=O) groups excluding carboxylic acids is 2. The molecule has 0 spiro atoms. The van der Waals surface area contributed by atoms with E-state index in [-0.39, 0.29) is 11.8 Å². The zero-order chi connectivity index (χ0) is 27.4. The molecule has 12 heteroatoms. The van der Waals surface area contributed by atoms with Crippen LogP contribution in [0.4, 0.5) is 0 Å². The standard InChI is InChI=1S/C24H44BrClN4O6/c1-21(2)19(31)27(23(5,6)29(21)25)9-11-33-13-15-35-17-18-36-16-14-34-12-10-28-20(32)22(3,4)30(26)24(28,7)8/h9-18H2,1-8H3. The van der Waals surface area contributed by atoms with Gasteiger partial charge in [0, 0.05) is 29.2 Å². The molecule has 2 amide bonds. The van der Waals surface area contributed by atoms with Crippen LogP contribution in [0.3, 0.4) is 0 Å². The highest BCUT2D eigenvalue weighted by atomic mass is 79.9. The highest BCUT2D eigenvalue weighted by molar-refractivity contribution is 9.07. The zero-order valence-electron chi connectivity index (χ0n) is 23.1. The molecule has 0 aromatic rings. The second kappa shape index (κ2) is 12.5. The first-order valence-corrected chi connectivity index (χ1v) is 13.5. The molecule has 210 valence electrons. The van der Waals surface area contributed by atoms with Crippen molar-refractivity contribution in [3.63, 3.8) is 0 Å². The van der Waals surface area contributed by atoms with Gasteiger partial charge in [-0.3, -0.25) is 9.59 Å². The summed E-state index contributed by atoms with van der Waals surface area (Å²) in [5.74, 6) is 0.0657. The Hall–Kier alpha value is -0.530. The van der Waals surface area contributed by atoms with Gasteiger partial charge in [-0.15, -0.1) is 0 Å². The van der Waals surface area contributed by atoms with Crippen LogP contribution in [0.2, 0.25) is 0 Å². The van der Waals surface area contributed by atoms with E-state index in [1.54, 1.807) is 9.32 Å². The predicted molar refractivity (Wildman–Crippen MR) is 141 cm³/mol. The normalized spacial score (nSPS) is 23.3. The molecule has 2 fully saturated rings. The van der Waals surface area contributed by atoms with Gasteiger partial charge in [0.25, 0.3) is 0 Å². The highest BCUT2D eigenvalue weighted by Gasteiger charge is 2.56. The lowest BCUT2D eigenvalue weighted by Crippen LogP contribution is -2.47. The van der Waals surface area contributed by atoms with E-state index in [1.165, 1.54) is 0 Å². The molecule has 2 rings (SSSR count). The Labute approximate surface area is 229 Å². The Bertz CT molecular complexity index is 705. The fraction of sp³-hybridized carbons (Fsp3) is 0.917. The van der Waals surface area contributed by atoms with Crippen LogP contribution in [0.5, 0.6) is 0 Å². The number of hydrogen-bond acceptors (Lipinski definition) is 8. The molecule has 0 bridgehead atoms. The summed E-state index contributed by atoms with van der Waals surface area (Å²) in [6, 6.07) is 0. The lowest BCUT2D eigenvalue weighted by molar-refractivity contribution is -0.135. The van der Waals surface area contributed by atoms with E-state index in [9.17, 15) is 9.59 Å². The Balaban J connectivity index is 1.45. The van der Waals surface area contributed by atoms with Crippen LogP contribution < -0.4 is 0 Å². The van der Waals surface area contributed by atoms with Crippen LogP contribution in [0.25, 0.3) is 0 Å². The first kappa shape index (κ1) is 31.7. The van der Waals surface area contributed by atoms with Gasteiger partial charge in [-0.1, -0.05) is 0 Å². The topological polar surface area (TPSA) is 84.0 Å². The molecule has 2 saturated heterocycles. The summed E-state index contributed by atoms with van der Waals surface area (Å²) in [5.41, 5.74) is -2.33. The summed E-state index contributed by atoms with van der Waals surface area (Å²) in [6.45, 7) is 19.9. The summed E-state index contributed by atoms with van der Waals surface area (Å²) < 4.78 is 25.8. The molecule has 0 saturated carbocycles. The maximum Gasteiger partial charge on any atom is 0.245 e. The molecule has 0 atom stereocenters. The van der Waals surface area contributed by atoms with Gasteiger partial charge in [0.05, 0.1) is 52.9 Å². The van der Waals surface area contributed by atoms with Gasteiger partial charge in [0.15, 0.2) is 0 Å². The molecular formula is C24H44BrClN4O6. The molecular weight excluding hydrogens is 556 g/mol. The van der Waals surface area contributed by atoms with E-state index < -0.39 is 22.4 Å². The van der Waals surface area contributed by atoms with Crippen molar-refractivity contribution in [3.05, 3.63) is 0 Å². The number of hydrogen-bond donors (Lipinski definition) is 0. The second-order valence-corrected chi connectivity index (χ2v) is 12.1. The van der Waals surface area contributed by atoms with Crippen LogP contribution in [0.1, 0.15) is 55.4 Å². The third-order valence-electron chi connectivity index (χ3n) is 6.84. The van der Waals surface area contributed by atoms with E-state index >= 15 is 0 Å². The molecule has 36 heavy (non-hydrogen) atoms. The minimum absolute atomic E-state index is 0.00798. The minimum Gasteiger partial charge on any atom is -0.377 e. The molecule has 2 heterocycles. The highest BCUT2D eigenvalue weighted by Crippen LogP contribution is 2.41. The van der Waals surface area contributed by atoms with Crippen molar-refractivity contribution < 1.29 is 28.5 Å². The molecule has 0 aromatic carbocycles. The summed E-state index contributed by atoms with van der Waals surface area (Å²) in [5, 5.41) is 0. The Morgan fingerprint density at radius 2 is 0.944 bits per heavy atom. The molecule has 2 aliphatic heterocycles. The smallest absolute Gasteiger partial charge is 0.245 e. The summed E-state index contributed by atoms with van der Waals surface area (Å²) in [4.78, 5) is 28.9. The van der Waals surface area contributed by atoms with E-state index in [4.69, 9.17) is 30.7 Å². The zero-order valence-corrected chi connectivity index (χ0v) is 25.4. The molecule has 0 radical (unpaired) electrons. The number of halogens is 2. The monoisotopic (exact) mass is 598 g/mol. The largest absolute Gasteiger partial charge is 0.377 e. The van der Waals surface area contributed by atoms with Gasteiger partial charge in [-0.25, -0.2) is 3.93 Å². The predicted octanol–water partition coefficient (Wildman–Crippen LogP) is 2.83. The Morgan fingerprint density at radius 3 is 1.25 bits per heavy atom. The van der Waals surface area contributed by atoms with Gasteiger partial charge in [-0.05, 0) is 67.2 Å². The number of carbonyl (C=O) groups is 2. The molecule has 10 nitrogen and oxygen atoms in total. The molecule has 2 aliphatic rings. The molecule has 0 aliphatic carbocycles. The third kappa shape index (κ3) is 6.72. The van der Waals surface area contributed by atoms with Crippen LogP contribution in [-0.2, 0) is 28.5 Å². The van der Waals surface area contributed by atoms with Crippen molar-refractivity contribution in [3.8, 4) is 0 Å². The van der Waals surface area contributed by atoms with Crippen molar-refractivity contribution in [2.75, 3.05) is 65.9 Å². The second-order valence-electron chi connectivity index (χ2n) is 11.0. The lowest BCUT2D eigenvalue weighted by atomic mass is 10.1. The van der Waals surface area contributed by atoms with Gasteiger partial charge in [0.1, 0.15) is 22.4 Å². The van der Waals surface area contributed by atoms with E-state index in [2.05, 4.69) is 16.1 Å². The van der Waals surface area contributed by atoms with Gasteiger partial charge in [-0.2, -0.15) is 4.42 Å². The van der Waals surface area contributed by atoms with Crippen molar-refractivity contribution in [2.45, 2.75) is 77.8 Å². The van der Waals surface area contributed by atoms with Crippen molar-refractivity contribution in [2.24, 2.45) is 0 Å². The van der Waals surface area contributed by atoms with Crippen molar-refractivity contribution >= 4 is 39.7 Å². The first-order chi connectivity index (χ1) is 16.6. The van der Waals surface area contributed by atoms with Crippen molar-refractivity contribution in [1.29, 1.82) is 0 Å². The van der Waals surface area contributed by atoms with Crippen LogP contribution >= 0.6 is 27.9 Å². The summed E-state index contributed by atoms with van der Waals surface area (Å²) in [6.07, 6.45) is 0. The third-order valence-corrected chi connectivity index (χ3v) is 9.43. The average Bonchev–Trinajstić information content (AvgIpc) is 2.99. The van der Waals surface area contributed by atoms with E-state index in [0.29, 0.717) is 65.9 Å². The van der Waals surface area contributed by atoms with Crippen LogP contribution in [0, 0.1) is 0 Å². The van der Waals surface area contributed by atoms with Gasteiger partial charge in [0.2, 0.25) is 11.8 Å². The van der Waals surface area contributed by atoms with E-state index in [0.717, 1.165) is 0 Å². The summed E-state index contributed by atoms with van der Waals surface area (Å²) in [7, 11) is 0. The Morgan fingerprint density at radius 1 is 0.611 bits per heavy atom.